The molecule has 0 saturated carbocycles. The van der Waals surface area contributed by atoms with E-state index in [0.717, 1.165) is 21.7 Å². The van der Waals surface area contributed by atoms with Gasteiger partial charge in [-0.05, 0) is 43.7 Å². The molecule has 0 spiro atoms. The summed E-state index contributed by atoms with van der Waals surface area (Å²) < 4.78 is 36.5. The van der Waals surface area contributed by atoms with Crippen molar-refractivity contribution in [2.45, 2.75) is 26.4 Å². The van der Waals surface area contributed by atoms with Crippen LogP contribution in [-0.4, -0.2) is 52.8 Å². The van der Waals surface area contributed by atoms with E-state index < -0.39 is 16.1 Å². The van der Waals surface area contributed by atoms with Gasteiger partial charge in [0.15, 0.2) is 11.5 Å². The molecule has 0 heterocycles. The number of ether oxygens (including phenoxy) is 2. The van der Waals surface area contributed by atoms with Crippen LogP contribution in [0.5, 0.6) is 11.5 Å². The van der Waals surface area contributed by atoms with Crippen LogP contribution in [0.4, 0.5) is 5.69 Å². The first-order chi connectivity index (χ1) is 13.6. The Morgan fingerprint density at radius 1 is 1.03 bits per heavy atom. The fraction of sp³-hybridized carbons (Fsp3) is 0.381. The Bertz CT molecular complexity index is 958. The van der Waals surface area contributed by atoms with Gasteiger partial charge in [-0.15, -0.1) is 0 Å². The van der Waals surface area contributed by atoms with Gasteiger partial charge in [-0.2, -0.15) is 0 Å². The average Bonchev–Trinajstić information content (AvgIpc) is 2.67. The van der Waals surface area contributed by atoms with Gasteiger partial charge in [0.25, 0.3) is 0 Å². The van der Waals surface area contributed by atoms with E-state index in [1.807, 2.05) is 25.1 Å². The Kier molecular flexibility index (Phi) is 7.13. The van der Waals surface area contributed by atoms with Crippen LogP contribution in [0, 0.1) is 6.92 Å². The maximum atomic E-state index is 13.0. The van der Waals surface area contributed by atoms with E-state index in [0.29, 0.717) is 23.7 Å². The summed E-state index contributed by atoms with van der Waals surface area (Å²) in [5, 5.41) is 0. The van der Waals surface area contributed by atoms with E-state index in [9.17, 15) is 13.2 Å². The van der Waals surface area contributed by atoms with Gasteiger partial charge < -0.3 is 14.4 Å². The molecule has 0 aliphatic rings. The molecule has 1 atom stereocenters. The molecule has 2 aromatic rings. The van der Waals surface area contributed by atoms with Crippen molar-refractivity contribution in [1.82, 2.24) is 4.90 Å². The first-order valence-corrected chi connectivity index (χ1v) is 10.9. The molecule has 0 bridgehead atoms. The van der Waals surface area contributed by atoms with Gasteiger partial charge in [0.05, 0.1) is 26.2 Å². The van der Waals surface area contributed by atoms with Crippen molar-refractivity contribution >= 4 is 21.6 Å². The summed E-state index contributed by atoms with van der Waals surface area (Å²) in [7, 11) is 1.09. The summed E-state index contributed by atoms with van der Waals surface area (Å²) in [5.74, 6) is 0.850. The van der Waals surface area contributed by atoms with Crippen molar-refractivity contribution in [3.8, 4) is 11.5 Å². The predicted molar refractivity (Wildman–Crippen MR) is 114 cm³/mol. The zero-order valence-electron chi connectivity index (χ0n) is 17.7. The number of anilines is 1. The number of likely N-dealkylation sites (N-methyl/N-ethyl adjacent to an activating group) is 1. The maximum Gasteiger partial charge on any atom is 0.246 e. The van der Waals surface area contributed by atoms with E-state index in [-0.39, 0.29) is 5.91 Å². The highest BCUT2D eigenvalue weighted by Crippen LogP contribution is 2.28. The van der Waals surface area contributed by atoms with Crippen molar-refractivity contribution in [3.05, 3.63) is 53.6 Å². The summed E-state index contributed by atoms with van der Waals surface area (Å²) in [5.41, 5.74) is 2.30. The van der Waals surface area contributed by atoms with Crippen LogP contribution in [0.3, 0.4) is 0 Å². The highest BCUT2D eigenvalue weighted by atomic mass is 32.2. The summed E-state index contributed by atoms with van der Waals surface area (Å²) in [6, 6.07) is 11.5. The number of rotatable bonds is 8. The number of methoxy groups -OCH3 is 2. The SMILES string of the molecule is COc1ccc(CN(C)C(=O)C(C)N(c2ccc(C)cc2)S(C)(=O)=O)cc1OC. The van der Waals surface area contributed by atoms with Crippen LogP contribution in [0.25, 0.3) is 0 Å². The minimum atomic E-state index is -3.65. The molecule has 29 heavy (non-hydrogen) atoms. The molecule has 0 fully saturated rings. The van der Waals surface area contributed by atoms with E-state index in [4.69, 9.17) is 9.47 Å². The minimum Gasteiger partial charge on any atom is -0.493 e. The Morgan fingerprint density at radius 2 is 1.62 bits per heavy atom. The first-order valence-electron chi connectivity index (χ1n) is 9.10. The lowest BCUT2D eigenvalue weighted by atomic mass is 10.1. The molecular weight excluding hydrogens is 392 g/mol. The lowest BCUT2D eigenvalue weighted by Gasteiger charge is -2.31. The van der Waals surface area contributed by atoms with Crippen LogP contribution < -0.4 is 13.8 Å². The predicted octanol–water partition coefficient (Wildman–Crippen LogP) is 2.83. The largest absolute Gasteiger partial charge is 0.493 e. The molecular formula is C21H28N2O5S. The first kappa shape index (κ1) is 22.5. The van der Waals surface area contributed by atoms with Crippen LogP contribution in [0.1, 0.15) is 18.1 Å². The zero-order chi connectivity index (χ0) is 21.8. The number of nitrogens with zero attached hydrogens (tertiary/aromatic N) is 2. The van der Waals surface area contributed by atoms with Crippen LogP contribution >= 0.6 is 0 Å². The molecule has 0 aliphatic carbocycles. The van der Waals surface area contributed by atoms with Gasteiger partial charge >= 0.3 is 0 Å². The van der Waals surface area contributed by atoms with Crippen molar-refractivity contribution in [3.63, 3.8) is 0 Å². The molecule has 0 aromatic heterocycles. The van der Waals surface area contributed by atoms with Crippen molar-refractivity contribution < 1.29 is 22.7 Å². The van der Waals surface area contributed by atoms with Crippen molar-refractivity contribution in [1.29, 1.82) is 0 Å². The molecule has 2 aromatic carbocycles. The fourth-order valence-corrected chi connectivity index (χ4v) is 4.31. The third kappa shape index (κ3) is 5.41. The third-order valence-electron chi connectivity index (χ3n) is 4.60. The topological polar surface area (TPSA) is 76.2 Å². The molecule has 1 unspecified atom stereocenters. The molecule has 8 heteroatoms. The van der Waals surface area contributed by atoms with E-state index in [2.05, 4.69) is 0 Å². The number of amides is 1. The van der Waals surface area contributed by atoms with Gasteiger partial charge in [0.2, 0.25) is 15.9 Å². The van der Waals surface area contributed by atoms with E-state index in [1.165, 1.54) is 4.90 Å². The van der Waals surface area contributed by atoms with Gasteiger partial charge in [0, 0.05) is 13.6 Å². The second kappa shape index (κ2) is 9.17. The fourth-order valence-electron chi connectivity index (χ4n) is 3.14. The number of hydrogen-bond acceptors (Lipinski definition) is 5. The average molecular weight is 421 g/mol. The molecule has 158 valence electrons. The lowest BCUT2D eigenvalue weighted by Crippen LogP contribution is -2.48. The van der Waals surface area contributed by atoms with Gasteiger partial charge in [-0.3, -0.25) is 9.10 Å². The van der Waals surface area contributed by atoms with Crippen molar-refractivity contribution in [2.24, 2.45) is 0 Å². The Balaban J connectivity index is 2.25. The molecule has 0 saturated heterocycles. The number of carbonyl (C=O) groups excluding carboxylic acids is 1. The Labute approximate surface area is 172 Å². The smallest absolute Gasteiger partial charge is 0.246 e. The summed E-state index contributed by atoms with van der Waals surface area (Å²) >= 11 is 0. The second-order valence-corrected chi connectivity index (χ2v) is 8.81. The summed E-state index contributed by atoms with van der Waals surface area (Å²) in [6.07, 6.45) is 1.10. The van der Waals surface area contributed by atoms with Gasteiger partial charge in [-0.25, -0.2) is 8.42 Å². The minimum absolute atomic E-state index is 0.301. The second-order valence-electron chi connectivity index (χ2n) is 6.95. The van der Waals surface area contributed by atoms with Crippen LogP contribution in [0.15, 0.2) is 42.5 Å². The monoisotopic (exact) mass is 420 g/mol. The molecule has 7 nitrogen and oxygen atoms in total. The quantitative estimate of drug-likeness (QED) is 0.656. The molecule has 0 N–H and O–H groups in total. The number of aryl methyl sites for hydroxylation is 1. The normalized spacial score (nSPS) is 12.2. The Hall–Kier alpha value is -2.74. The number of sulfonamides is 1. The number of hydrogen-bond donors (Lipinski definition) is 0. The van der Waals surface area contributed by atoms with Gasteiger partial charge in [-0.1, -0.05) is 23.8 Å². The third-order valence-corrected chi connectivity index (χ3v) is 5.84. The zero-order valence-corrected chi connectivity index (χ0v) is 18.5. The molecule has 1 amide bonds. The maximum absolute atomic E-state index is 13.0. The van der Waals surface area contributed by atoms with E-state index >= 15 is 0 Å². The lowest BCUT2D eigenvalue weighted by molar-refractivity contribution is -0.131. The molecule has 2 rings (SSSR count). The number of benzene rings is 2. The number of carbonyl (C=O) groups is 1. The van der Waals surface area contributed by atoms with Crippen LogP contribution in [-0.2, 0) is 21.4 Å². The summed E-state index contributed by atoms with van der Waals surface area (Å²) in [4.78, 5) is 14.5. The standard InChI is InChI=1S/C21H28N2O5S/c1-15-7-10-18(11-8-15)23(29(6,25)26)16(2)21(24)22(3)14-17-9-12-19(27-4)20(13-17)28-5/h7-13,16H,14H2,1-6H3. The molecule has 0 radical (unpaired) electrons. The van der Waals surface area contributed by atoms with E-state index in [1.54, 1.807) is 52.5 Å². The van der Waals surface area contributed by atoms with Crippen molar-refractivity contribution in [2.75, 3.05) is 31.8 Å². The Morgan fingerprint density at radius 3 is 2.14 bits per heavy atom. The highest BCUT2D eigenvalue weighted by molar-refractivity contribution is 7.92. The molecule has 0 aliphatic heterocycles. The van der Waals surface area contributed by atoms with Crippen LogP contribution in [0.2, 0.25) is 0 Å². The highest BCUT2D eigenvalue weighted by Gasteiger charge is 2.31. The summed E-state index contributed by atoms with van der Waals surface area (Å²) in [6.45, 7) is 3.81. The van der Waals surface area contributed by atoms with Gasteiger partial charge in [0.1, 0.15) is 6.04 Å².